The summed E-state index contributed by atoms with van der Waals surface area (Å²) in [6.45, 7) is 14.7. The van der Waals surface area contributed by atoms with E-state index in [1.54, 1.807) is 36.5 Å². The normalized spacial score (nSPS) is 18.4. The van der Waals surface area contributed by atoms with Crippen molar-refractivity contribution in [2.24, 2.45) is 5.92 Å². The van der Waals surface area contributed by atoms with Crippen LogP contribution in [0.3, 0.4) is 0 Å². The van der Waals surface area contributed by atoms with Gasteiger partial charge in [0.1, 0.15) is 0 Å². The summed E-state index contributed by atoms with van der Waals surface area (Å²) in [6.07, 6.45) is 2.61. The SMILES string of the molecule is COc1cc(OC)cc(C2=C[CH]([Zr+2]([C]3=C(C)C(C)=C(C)C3C)=[Si](C)C)c3ccccc32)c1.[Cl-].[Cl-]. The molecule has 0 radical (unpaired) electrons. The number of ether oxygens (including phenoxy) is 2. The van der Waals surface area contributed by atoms with E-state index in [-0.39, 0.29) is 24.8 Å². The number of rotatable bonds is 5. The van der Waals surface area contributed by atoms with Crippen LogP contribution in [0.4, 0.5) is 0 Å². The molecule has 0 aliphatic heterocycles. The van der Waals surface area contributed by atoms with Crippen molar-refractivity contribution in [3.63, 3.8) is 0 Å². The molecular weight excluding hydrogens is 559 g/mol. The second-order valence-corrected chi connectivity index (χ2v) is 26.7. The summed E-state index contributed by atoms with van der Waals surface area (Å²) in [5, 5.41) is 0. The minimum atomic E-state index is -1.99. The van der Waals surface area contributed by atoms with Gasteiger partial charge in [-0.25, -0.2) is 0 Å². The number of benzene rings is 2. The number of hydrogen-bond acceptors (Lipinski definition) is 2. The molecule has 2 aliphatic carbocycles. The van der Waals surface area contributed by atoms with Gasteiger partial charge >= 0.3 is 202 Å². The van der Waals surface area contributed by atoms with Gasteiger partial charge in [-0.1, -0.05) is 0 Å². The van der Waals surface area contributed by atoms with Gasteiger partial charge in [0.15, 0.2) is 0 Å². The summed E-state index contributed by atoms with van der Waals surface area (Å²) in [7, 11) is 3.45. The fourth-order valence-electron chi connectivity index (χ4n) is 5.36. The summed E-state index contributed by atoms with van der Waals surface area (Å²) < 4.78 is 13.6. The molecule has 2 aliphatic rings. The second-order valence-electron chi connectivity index (χ2n) is 9.23. The average molecular weight is 593 g/mol. The van der Waals surface area contributed by atoms with Crippen molar-refractivity contribution in [1.82, 2.24) is 0 Å². The van der Waals surface area contributed by atoms with Crippen molar-refractivity contribution in [3.8, 4) is 11.5 Å². The molecule has 2 atom stereocenters. The average Bonchev–Trinajstić information content (AvgIpc) is 3.26. The maximum Gasteiger partial charge on any atom is -1.00 e. The van der Waals surface area contributed by atoms with E-state index >= 15 is 0 Å². The van der Waals surface area contributed by atoms with Crippen LogP contribution in [0.1, 0.15) is 48.0 Å². The maximum atomic E-state index is 5.59. The molecule has 2 nitrogen and oxygen atoms in total. The zero-order valence-electron chi connectivity index (χ0n) is 21.3. The number of halogens is 2. The summed E-state index contributed by atoms with van der Waals surface area (Å²) >= 11 is -1.99. The van der Waals surface area contributed by atoms with E-state index in [4.69, 9.17) is 9.47 Å². The van der Waals surface area contributed by atoms with Gasteiger partial charge < -0.3 is 24.8 Å². The molecule has 0 heterocycles. The second kappa shape index (κ2) is 11.8. The molecule has 2 unspecified atom stereocenters. The Labute approximate surface area is 225 Å². The van der Waals surface area contributed by atoms with Gasteiger partial charge in [0.05, 0.1) is 0 Å². The molecular formula is C28H34Cl2O2SiZr. The van der Waals surface area contributed by atoms with E-state index in [9.17, 15) is 0 Å². The summed E-state index contributed by atoms with van der Waals surface area (Å²) in [6, 6.07) is 15.3. The fraction of sp³-hybridized carbons (Fsp3) is 0.357. The molecule has 34 heavy (non-hydrogen) atoms. The molecule has 0 fully saturated rings. The van der Waals surface area contributed by atoms with Crippen molar-refractivity contribution in [2.75, 3.05) is 14.2 Å². The first-order chi connectivity index (χ1) is 15.3. The standard InChI is InChI=1S/C17H15O2.C9H13.C2H6Si.2ClH.Zr/c1-18-14-9-13(10-15(11-14)19-2)17-8-7-12-5-3-4-6-16(12)17;1-6-5-7(2)9(4)8(6)3;1-3-2;;;/h3-11H,1-2H3;6H,1-4H3;1-2H3;2*1H;/q;;;;;+2/p-2. The monoisotopic (exact) mass is 590 g/mol. The van der Waals surface area contributed by atoms with Crippen molar-refractivity contribution in [1.29, 1.82) is 0 Å². The Hall–Kier alpha value is -1.06. The summed E-state index contributed by atoms with van der Waals surface area (Å²) in [5.41, 5.74) is 9.80. The summed E-state index contributed by atoms with van der Waals surface area (Å²) in [5.74, 6) is 2.30. The van der Waals surface area contributed by atoms with E-state index in [1.807, 2.05) is 9.35 Å². The molecule has 0 amide bonds. The van der Waals surface area contributed by atoms with Gasteiger partial charge in [-0.15, -0.1) is 0 Å². The van der Waals surface area contributed by atoms with Crippen molar-refractivity contribution in [2.45, 2.75) is 44.4 Å². The van der Waals surface area contributed by atoms with Gasteiger partial charge in [-0.05, 0) is 0 Å². The third kappa shape index (κ3) is 5.07. The Morgan fingerprint density at radius 3 is 1.94 bits per heavy atom. The Morgan fingerprint density at radius 1 is 0.853 bits per heavy atom. The van der Waals surface area contributed by atoms with Gasteiger partial charge in [-0.3, -0.25) is 0 Å². The Kier molecular flexibility index (Phi) is 10.1. The van der Waals surface area contributed by atoms with Crippen LogP contribution in [0.2, 0.25) is 13.1 Å². The van der Waals surface area contributed by atoms with Gasteiger partial charge in [0.2, 0.25) is 0 Å². The van der Waals surface area contributed by atoms with Crippen LogP contribution in [0, 0.1) is 5.92 Å². The Balaban J connectivity index is 0.00000204. The Bertz CT molecular complexity index is 1200. The van der Waals surface area contributed by atoms with E-state index in [0.717, 1.165) is 11.5 Å². The van der Waals surface area contributed by atoms with Crippen LogP contribution in [-0.4, -0.2) is 19.7 Å². The quantitative estimate of drug-likeness (QED) is 0.488. The van der Waals surface area contributed by atoms with Crippen molar-refractivity contribution >= 4 is 11.0 Å². The summed E-state index contributed by atoms with van der Waals surface area (Å²) in [4.78, 5) is 0. The molecule has 2 aromatic carbocycles. The number of fused-ring (bicyclic) bond motifs is 1. The molecule has 6 heteroatoms. The van der Waals surface area contributed by atoms with E-state index < -0.39 is 25.8 Å². The van der Waals surface area contributed by atoms with Crippen LogP contribution in [0.15, 0.2) is 68.5 Å². The van der Waals surface area contributed by atoms with E-state index in [0.29, 0.717) is 9.54 Å². The molecule has 0 saturated heterocycles. The maximum absolute atomic E-state index is 5.59. The van der Waals surface area contributed by atoms with Gasteiger partial charge in [-0.2, -0.15) is 0 Å². The zero-order valence-corrected chi connectivity index (χ0v) is 26.3. The zero-order chi connectivity index (χ0) is 23.2. The molecule has 4 rings (SSSR count). The molecule has 0 spiro atoms. The van der Waals surface area contributed by atoms with Crippen molar-refractivity contribution in [3.05, 3.63) is 85.2 Å². The number of methoxy groups -OCH3 is 2. The van der Waals surface area contributed by atoms with E-state index in [1.165, 1.54) is 16.7 Å². The number of hydrogen-bond donors (Lipinski definition) is 0. The van der Waals surface area contributed by atoms with Gasteiger partial charge in [0.25, 0.3) is 0 Å². The molecule has 0 aromatic heterocycles. The molecule has 0 bridgehead atoms. The van der Waals surface area contributed by atoms with Gasteiger partial charge in [0, 0.05) is 0 Å². The predicted molar refractivity (Wildman–Crippen MR) is 134 cm³/mol. The van der Waals surface area contributed by atoms with Crippen LogP contribution in [-0.2, 0) is 20.4 Å². The largest absolute Gasteiger partial charge is 1.00 e. The molecule has 2 aromatic rings. The third-order valence-electron chi connectivity index (χ3n) is 7.36. The Morgan fingerprint density at radius 2 is 1.44 bits per heavy atom. The van der Waals surface area contributed by atoms with Crippen LogP contribution < -0.4 is 34.3 Å². The van der Waals surface area contributed by atoms with Crippen molar-refractivity contribution < 1.29 is 54.7 Å². The van der Waals surface area contributed by atoms with Crippen LogP contribution in [0.5, 0.6) is 11.5 Å². The number of allylic oxidation sites excluding steroid dienone is 5. The van der Waals surface area contributed by atoms with E-state index in [2.05, 4.69) is 83.3 Å². The minimum Gasteiger partial charge on any atom is -1.00 e. The first kappa shape index (κ1) is 29.2. The first-order valence-electron chi connectivity index (χ1n) is 11.4. The predicted octanol–water partition coefficient (Wildman–Crippen LogP) is 1.33. The van der Waals surface area contributed by atoms with Crippen LogP contribution in [0.25, 0.3) is 5.57 Å². The molecule has 180 valence electrons. The topological polar surface area (TPSA) is 18.5 Å². The fourth-order valence-corrected chi connectivity index (χ4v) is 25.0. The van der Waals surface area contributed by atoms with Crippen LogP contribution >= 0.6 is 0 Å². The molecule has 0 saturated carbocycles. The smallest absolute Gasteiger partial charge is 1.00 e. The molecule has 0 N–H and O–H groups in total. The first-order valence-corrected chi connectivity index (χ1v) is 20.2. The third-order valence-corrected chi connectivity index (χ3v) is 25.9. The minimum absolute atomic E-state index is 0.